The smallest absolute Gasteiger partial charge is 0.303 e. The minimum atomic E-state index is -4.67. The van der Waals surface area contributed by atoms with E-state index in [9.17, 15) is 18.0 Å². The monoisotopic (exact) mass is 243 g/mol. The Morgan fingerprint density at radius 1 is 1.41 bits per heavy atom. The summed E-state index contributed by atoms with van der Waals surface area (Å²) in [5.74, 6) is -1.54. The number of halogens is 3. The summed E-state index contributed by atoms with van der Waals surface area (Å²) in [5, 5.41) is 0. The zero-order chi connectivity index (χ0) is 13.4. The van der Waals surface area contributed by atoms with Crippen LogP contribution in [0.2, 0.25) is 0 Å². The SMILES string of the molecule is [3H]C1N=CC(c2ccccc2)(C(F)(F)F)C1C=O. The number of nitrogens with zero attached hydrogens (tertiary/aromatic N) is 1. The van der Waals surface area contributed by atoms with Gasteiger partial charge in [0.1, 0.15) is 11.7 Å². The standard InChI is InChI=1S/C12H10F3NO/c13-12(14,15)11(8-16-6-10(11)7-17)9-4-2-1-3-5-9/h1-5,7-8,10H,6H2/i6T. The molecule has 1 aromatic carbocycles. The van der Waals surface area contributed by atoms with Crippen molar-refractivity contribution in [3.63, 3.8) is 0 Å². The Balaban J connectivity index is 2.64. The molecule has 5 heteroatoms. The predicted octanol–water partition coefficient (Wildman–Crippen LogP) is 2.39. The zero-order valence-corrected chi connectivity index (χ0v) is 8.69. The van der Waals surface area contributed by atoms with Crippen LogP contribution in [-0.2, 0) is 10.2 Å². The summed E-state index contributed by atoms with van der Waals surface area (Å²) in [6.07, 6.45) is -3.80. The third-order valence-corrected chi connectivity index (χ3v) is 2.92. The van der Waals surface area contributed by atoms with E-state index in [0.717, 1.165) is 0 Å². The fraction of sp³-hybridized carbons (Fsp3) is 0.333. The molecular formula is C12H10F3NO. The van der Waals surface area contributed by atoms with Gasteiger partial charge in [-0.15, -0.1) is 0 Å². The van der Waals surface area contributed by atoms with Crippen LogP contribution in [0.15, 0.2) is 35.3 Å². The first-order valence-electron chi connectivity index (χ1n) is 5.55. The van der Waals surface area contributed by atoms with Crippen LogP contribution in [-0.4, -0.2) is 25.2 Å². The number of benzene rings is 1. The van der Waals surface area contributed by atoms with E-state index in [0.29, 0.717) is 6.21 Å². The first kappa shape index (κ1) is 10.5. The largest absolute Gasteiger partial charge is 0.404 e. The van der Waals surface area contributed by atoms with E-state index >= 15 is 0 Å². The fourth-order valence-corrected chi connectivity index (χ4v) is 2.01. The zero-order valence-electron chi connectivity index (χ0n) is 9.69. The molecule has 1 aliphatic heterocycles. The van der Waals surface area contributed by atoms with E-state index in [1.807, 2.05) is 0 Å². The van der Waals surface area contributed by atoms with E-state index in [1.54, 1.807) is 6.07 Å². The molecule has 0 amide bonds. The summed E-state index contributed by atoms with van der Waals surface area (Å²) >= 11 is 0. The molecule has 1 aliphatic rings. The highest BCUT2D eigenvalue weighted by Crippen LogP contribution is 2.47. The van der Waals surface area contributed by atoms with Crippen molar-refractivity contribution >= 4 is 12.5 Å². The molecule has 0 fully saturated rings. The minimum Gasteiger partial charge on any atom is -0.303 e. The quantitative estimate of drug-likeness (QED) is 0.733. The Hall–Kier alpha value is -1.65. The van der Waals surface area contributed by atoms with Crippen molar-refractivity contribution in [2.45, 2.75) is 11.6 Å². The first-order chi connectivity index (χ1) is 8.43. The van der Waals surface area contributed by atoms with Gasteiger partial charge in [0.2, 0.25) is 0 Å². The van der Waals surface area contributed by atoms with Gasteiger partial charge in [-0.3, -0.25) is 4.99 Å². The molecule has 1 heterocycles. The number of carbonyl (C=O) groups is 1. The van der Waals surface area contributed by atoms with Crippen LogP contribution in [0, 0.1) is 5.92 Å². The van der Waals surface area contributed by atoms with Crippen LogP contribution in [0.1, 0.15) is 6.93 Å². The van der Waals surface area contributed by atoms with Crippen molar-refractivity contribution in [1.29, 1.82) is 0 Å². The van der Waals surface area contributed by atoms with Crippen LogP contribution in [0.4, 0.5) is 13.2 Å². The van der Waals surface area contributed by atoms with Gasteiger partial charge in [-0.25, -0.2) is 0 Å². The Bertz CT molecular complexity index is 474. The maximum absolute atomic E-state index is 13.4. The highest BCUT2D eigenvalue weighted by molar-refractivity contribution is 5.83. The third-order valence-electron chi connectivity index (χ3n) is 2.92. The van der Waals surface area contributed by atoms with E-state index in [2.05, 4.69) is 4.99 Å². The maximum atomic E-state index is 13.4. The molecule has 0 radical (unpaired) electrons. The van der Waals surface area contributed by atoms with Crippen molar-refractivity contribution in [2.75, 3.05) is 6.52 Å². The summed E-state index contributed by atoms with van der Waals surface area (Å²) in [6, 6.07) is 7.13. The summed E-state index contributed by atoms with van der Waals surface area (Å²) in [7, 11) is 0. The molecule has 0 N–H and O–H groups in total. The van der Waals surface area contributed by atoms with Crippen LogP contribution in [0.3, 0.4) is 0 Å². The van der Waals surface area contributed by atoms with E-state index in [4.69, 9.17) is 1.37 Å². The molecule has 2 nitrogen and oxygen atoms in total. The van der Waals surface area contributed by atoms with Crippen molar-refractivity contribution < 1.29 is 19.3 Å². The Labute approximate surface area is 97.6 Å². The minimum absolute atomic E-state index is 0.0619. The molecule has 0 saturated carbocycles. The Morgan fingerprint density at radius 2 is 2.06 bits per heavy atom. The first-order valence-corrected chi connectivity index (χ1v) is 4.97. The van der Waals surface area contributed by atoms with Crippen molar-refractivity contribution in [3.8, 4) is 0 Å². The molecule has 1 aromatic rings. The Kier molecular flexibility index (Phi) is 2.46. The molecule has 0 saturated heterocycles. The maximum Gasteiger partial charge on any atom is 0.404 e. The lowest BCUT2D eigenvalue weighted by molar-refractivity contribution is -0.179. The van der Waals surface area contributed by atoms with Gasteiger partial charge >= 0.3 is 6.18 Å². The molecule has 0 aromatic heterocycles. The summed E-state index contributed by atoms with van der Waals surface area (Å²) in [4.78, 5) is 14.4. The summed E-state index contributed by atoms with van der Waals surface area (Å²) in [6.45, 7) is -1.41. The summed E-state index contributed by atoms with van der Waals surface area (Å²) in [5.41, 5.74) is -2.55. The second kappa shape index (κ2) is 3.98. The van der Waals surface area contributed by atoms with Crippen LogP contribution >= 0.6 is 0 Å². The number of aliphatic imine (C=N–C) groups is 1. The molecular weight excluding hydrogens is 231 g/mol. The van der Waals surface area contributed by atoms with Gasteiger partial charge in [-0.05, 0) is 5.56 Å². The second-order valence-corrected chi connectivity index (χ2v) is 3.82. The number of hydrogen-bond donors (Lipinski definition) is 0. The van der Waals surface area contributed by atoms with E-state index in [-0.39, 0.29) is 11.8 Å². The van der Waals surface area contributed by atoms with Gasteiger partial charge in [0.05, 0.1) is 7.29 Å². The highest BCUT2D eigenvalue weighted by Gasteiger charge is 2.61. The molecule has 17 heavy (non-hydrogen) atoms. The van der Waals surface area contributed by atoms with Crippen molar-refractivity contribution in [1.82, 2.24) is 0 Å². The van der Waals surface area contributed by atoms with Gasteiger partial charge < -0.3 is 4.79 Å². The van der Waals surface area contributed by atoms with Crippen LogP contribution in [0.5, 0.6) is 0 Å². The van der Waals surface area contributed by atoms with E-state index < -0.39 is 24.0 Å². The molecule has 0 aliphatic carbocycles. The molecule has 2 rings (SSSR count). The second-order valence-electron chi connectivity index (χ2n) is 3.82. The number of hydrogen-bond acceptors (Lipinski definition) is 2. The van der Waals surface area contributed by atoms with Gasteiger partial charge in [0, 0.05) is 12.7 Å². The number of carbonyl (C=O) groups excluding carboxylic acids is 1. The predicted molar refractivity (Wildman–Crippen MR) is 57.1 cm³/mol. The topological polar surface area (TPSA) is 29.4 Å². The van der Waals surface area contributed by atoms with Crippen molar-refractivity contribution in [3.05, 3.63) is 35.9 Å². The fourth-order valence-electron chi connectivity index (χ4n) is 2.01. The molecule has 3 unspecified atom stereocenters. The van der Waals surface area contributed by atoms with Crippen LogP contribution in [0.25, 0.3) is 0 Å². The lowest BCUT2D eigenvalue weighted by Crippen LogP contribution is -2.48. The number of rotatable bonds is 2. The normalized spacial score (nSPS) is 33.5. The summed E-state index contributed by atoms with van der Waals surface area (Å²) < 4.78 is 47.6. The van der Waals surface area contributed by atoms with Crippen molar-refractivity contribution in [2.24, 2.45) is 10.9 Å². The Morgan fingerprint density at radius 3 is 2.59 bits per heavy atom. The number of aldehydes is 1. The third kappa shape index (κ3) is 1.66. The molecule has 90 valence electrons. The van der Waals surface area contributed by atoms with Gasteiger partial charge in [-0.2, -0.15) is 13.2 Å². The van der Waals surface area contributed by atoms with Gasteiger partial charge in [0.25, 0.3) is 0 Å². The lowest BCUT2D eigenvalue weighted by atomic mass is 9.72. The molecule has 3 atom stereocenters. The average Bonchev–Trinajstić information content (AvgIpc) is 2.68. The lowest BCUT2D eigenvalue weighted by Gasteiger charge is -2.33. The van der Waals surface area contributed by atoms with Crippen LogP contribution < -0.4 is 0 Å². The number of alkyl halides is 3. The average molecular weight is 243 g/mol. The highest BCUT2D eigenvalue weighted by atomic mass is 19.4. The van der Waals surface area contributed by atoms with Gasteiger partial charge in [-0.1, -0.05) is 30.3 Å². The van der Waals surface area contributed by atoms with Gasteiger partial charge in [0.15, 0.2) is 0 Å². The molecule has 0 bridgehead atoms. The molecule has 0 spiro atoms. The van der Waals surface area contributed by atoms with E-state index in [1.165, 1.54) is 24.3 Å².